The van der Waals surface area contributed by atoms with E-state index in [0.717, 1.165) is 4.47 Å². The maximum absolute atomic E-state index is 11.6. The quantitative estimate of drug-likeness (QED) is 0.871. The Kier molecular flexibility index (Phi) is 3.44. The number of nitrogens with zero attached hydrogens (tertiary/aromatic N) is 2. The van der Waals surface area contributed by atoms with Gasteiger partial charge in [-0.25, -0.2) is 9.78 Å². The number of imidazole rings is 1. The van der Waals surface area contributed by atoms with Gasteiger partial charge in [0.15, 0.2) is 5.69 Å². The highest BCUT2D eigenvalue weighted by molar-refractivity contribution is 9.10. The van der Waals surface area contributed by atoms with Gasteiger partial charge in [0.1, 0.15) is 5.82 Å². The SMILES string of the molecule is COC(=O)c1nc(CCO)n2ccc(Br)cc12. The van der Waals surface area contributed by atoms with Crippen LogP contribution in [0.2, 0.25) is 0 Å². The number of esters is 1. The first-order valence-corrected chi connectivity index (χ1v) is 5.82. The molecular weight excluding hydrogens is 288 g/mol. The van der Waals surface area contributed by atoms with Crippen LogP contribution in [0, 0.1) is 0 Å². The number of fused-ring (bicyclic) bond motifs is 1. The minimum Gasteiger partial charge on any atom is -0.464 e. The zero-order valence-electron chi connectivity index (χ0n) is 9.18. The van der Waals surface area contributed by atoms with Gasteiger partial charge in [0.05, 0.1) is 19.2 Å². The summed E-state index contributed by atoms with van der Waals surface area (Å²) in [5.74, 6) is 0.153. The molecule has 0 bridgehead atoms. The molecule has 0 saturated carbocycles. The van der Waals surface area contributed by atoms with Crippen LogP contribution in [0.4, 0.5) is 0 Å². The van der Waals surface area contributed by atoms with Crippen LogP contribution in [-0.2, 0) is 11.2 Å². The summed E-state index contributed by atoms with van der Waals surface area (Å²) in [5, 5.41) is 8.96. The van der Waals surface area contributed by atoms with Gasteiger partial charge in [0.25, 0.3) is 0 Å². The molecular formula is C11H11BrN2O3. The number of aliphatic hydroxyl groups is 1. The van der Waals surface area contributed by atoms with E-state index < -0.39 is 5.97 Å². The van der Waals surface area contributed by atoms with E-state index in [0.29, 0.717) is 17.8 Å². The van der Waals surface area contributed by atoms with Crippen LogP contribution >= 0.6 is 15.9 Å². The van der Waals surface area contributed by atoms with Crippen molar-refractivity contribution in [2.24, 2.45) is 0 Å². The van der Waals surface area contributed by atoms with Crippen molar-refractivity contribution in [2.45, 2.75) is 6.42 Å². The van der Waals surface area contributed by atoms with E-state index in [-0.39, 0.29) is 12.3 Å². The Labute approximate surface area is 106 Å². The van der Waals surface area contributed by atoms with Crippen LogP contribution in [-0.4, -0.2) is 34.2 Å². The molecule has 5 nitrogen and oxygen atoms in total. The zero-order valence-corrected chi connectivity index (χ0v) is 10.8. The lowest BCUT2D eigenvalue weighted by Gasteiger charge is -1.99. The second-order valence-electron chi connectivity index (χ2n) is 3.44. The Hall–Kier alpha value is -1.40. The average Bonchev–Trinajstić information content (AvgIpc) is 2.67. The Morgan fingerprint density at radius 1 is 1.65 bits per heavy atom. The Morgan fingerprint density at radius 2 is 2.41 bits per heavy atom. The van der Waals surface area contributed by atoms with Gasteiger partial charge >= 0.3 is 5.97 Å². The smallest absolute Gasteiger partial charge is 0.358 e. The Bertz CT molecular complexity index is 565. The molecule has 17 heavy (non-hydrogen) atoms. The molecule has 2 rings (SSSR count). The first-order valence-electron chi connectivity index (χ1n) is 5.03. The third-order valence-electron chi connectivity index (χ3n) is 2.39. The lowest BCUT2D eigenvalue weighted by Crippen LogP contribution is -2.02. The van der Waals surface area contributed by atoms with Crippen molar-refractivity contribution < 1.29 is 14.6 Å². The molecule has 0 aromatic carbocycles. The molecule has 2 aromatic heterocycles. The van der Waals surface area contributed by atoms with Gasteiger partial charge in [0.2, 0.25) is 0 Å². The number of carbonyl (C=O) groups excluding carboxylic acids is 1. The molecule has 0 atom stereocenters. The van der Waals surface area contributed by atoms with E-state index in [2.05, 4.69) is 25.7 Å². The van der Waals surface area contributed by atoms with Crippen molar-refractivity contribution in [1.82, 2.24) is 9.38 Å². The number of hydrogen-bond donors (Lipinski definition) is 1. The molecule has 0 spiro atoms. The summed E-state index contributed by atoms with van der Waals surface area (Å²) in [4.78, 5) is 15.8. The number of rotatable bonds is 3. The van der Waals surface area contributed by atoms with Crippen LogP contribution in [0.25, 0.3) is 5.52 Å². The van der Waals surface area contributed by atoms with E-state index in [4.69, 9.17) is 5.11 Å². The van der Waals surface area contributed by atoms with Crippen molar-refractivity contribution >= 4 is 27.4 Å². The van der Waals surface area contributed by atoms with Crippen LogP contribution in [0.15, 0.2) is 22.8 Å². The Morgan fingerprint density at radius 3 is 3.06 bits per heavy atom. The van der Waals surface area contributed by atoms with E-state index in [1.165, 1.54) is 7.11 Å². The van der Waals surface area contributed by atoms with E-state index in [1.807, 2.05) is 6.07 Å². The van der Waals surface area contributed by atoms with E-state index in [9.17, 15) is 4.79 Å². The van der Waals surface area contributed by atoms with Gasteiger partial charge in [0, 0.05) is 17.1 Å². The van der Waals surface area contributed by atoms with Crippen molar-refractivity contribution in [1.29, 1.82) is 0 Å². The molecule has 0 aliphatic heterocycles. The highest BCUT2D eigenvalue weighted by Gasteiger charge is 2.17. The van der Waals surface area contributed by atoms with Gasteiger partial charge < -0.3 is 14.2 Å². The van der Waals surface area contributed by atoms with Gasteiger partial charge in [-0.15, -0.1) is 0 Å². The van der Waals surface area contributed by atoms with Gasteiger partial charge in [-0.3, -0.25) is 0 Å². The van der Waals surface area contributed by atoms with E-state index >= 15 is 0 Å². The van der Waals surface area contributed by atoms with Crippen molar-refractivity contribution in [3.63, 3.8) is 0 Å². The summed E-state index contributed by atoms with van der Waals surface area (Å²) in [6, 6.07) is 3.64. The maximum atomic E-state index is 11.6. The molecule has 1 N–H and O–H groups in total. The molecule has 2 heterocycles. The molecule has 0 unspecified atom stereocenters. The third kappa shape index (κ3) is 2.18. The fourth-order valence-electron chi connectivity index (χ4n) is 1.65. The predicted octanol–water partition coefficient (Wildman–Crippen LogP) is 1.42. The summed E-state index contributed by atoms with van der Waals surface area (Å²) >= 11 is 3.34. The summed E-state index contributed by atoms with van der Waals surface area (Å²) in [7, 11) is 1.32. The number of aromatic nitrogens is 2. The summed E-state index contributed by atoms with van der Waals surface area (Å²) in [6.07, 6.45) is 2.18. The maximum Gasteiger partial charge on any atom is 0.358 e. The lowest BCUT2D eigenvalue weighted by atomic mass is 10.3. The number of halogens is 1. The van der Waals surface area contributed by atoms with Gasteiger partial charge in [-0.05, 0) is 12.1 Å². The second kappa shape index (κ2) is 4.85. The van der Waals surface area contributed by atoms with Crippen LogP contribution in [0.5, 0.6) is 0 Å². The Balaban J connectivity index is 2.66. The molecule has 0 radical (unpaired) electrons. The first kappa shape index (κ1) is 12.1. The number of hydrogen-bond acceptors (Lipinski definition) is 4. The minimum atomic E-state index is -0.482. The monoisotopic (exact) mass is 298 g/mol. The standard InChI is InChI=1S/C11H11BrN2O3/c1-17-11(16)10-8-6-7(12)2-4-14(8)9(13-10)3-5-15/h2,4,6,15H,3,5H2,1H3. The molecule has 6 heteroatoms. The largest absolute Gasteiger partial charge is 0.464 e. The van der Waals surface area contributed by atoms with Crippen LogP contribution in [0.1, 0.15) is 16.3 Å². The van der Waals surface area contributed by atoms with Crippen LogP contribution < -0.4 is 0 Å². The molecule has 0 saturated heterocycles. The highest BCUT2D eigenvalue weighted by Crippen LogP contribution is 2.19. The minimum absolute atomic E-state index is 0.0181. The molecule has 0 aliphatic carbocycles. The second-order valence-corrected chi connectivity index (χ2v) is 4.36. The molecule has 0 aliphatic rings. The lowest BCUT2D eigenvalue weighted by molar-refractivity contribution is 0.0596. The highest BCUT2D eigenvalue weighted by atomic mass is 79.9. The van der Waals surface area contributed by atoms with Crippen molar-refractivity contribution in [2.75, 3.05) is 13.7 Å². The zero-order chi connectivity index (χ0) is 12.4. The first-order chi connectivity index (χ1) is 8.17. The average molecular weight is 299 g/mol. The number of ether oxygens (including phenoxy) is 1. The van der Waals surface area contributed by atoms with Crippen molar-refractivity contribution in [3.05, 3.63) is 34.3 Å². The third-order valence-corrected chi connectivity index (χ3v) is 2.89. The number of carbonyl (C=O) groups is 1. The van der Waals surface area contributed by atoms with Crippen LogP contribution in [0.3, 0.4) is 0 Å². The summed E-state index contributed by atoms with van der Waals surface area (Å²) < 4.78 is 7.31. The van der Waals surface area contributed by atoms with Gasteiger partial charge in [-0.1, -0.05) is 15.9 Å². The predicted molar refractivity (Wildman–Crippen MR) is 65.0 cm³/mol. The molecule has 0 fully saturated rings. The molecule has 90 valence electrons. The fraction of sp³-hybridized carbons (Fsp3) is 0.273. The van der Waals surface area contributed by atoms with E-state index in [1.54, 1.807) is 16.7 Å². The fourth-order valence-corrected chi connectivity index (χ4v) is 1.98. The summed E-state index contributed by atoms with van der Waals surface area (Å²) in [6.45, 7) is -0.0181. The molecule has 0 amide bonds. The number of aliphatic hydroxyl groups excluding tert-OH is 1. The number of methoxy groups -OCH3 is 1. The van der Waals surface area contributed by atoms with Gasteiger partial charge in [-0.2, -0.15) is 0 Å². The normalized spacial score (nSPS) is 10.8. The molecule has 2 aromatic rings. The number of pyridine rings is 1. The summed E-state index contributed by atoms with van der Waals surface area (Å²) in [5.41, 5.74) is 0.923. The topological polar surface area (TPSA) is 63.8 Å². The van der Waals surface area contributed by atoms with Crippen molar-refractivity contribution in [3.8, 4) is 0 Å².